The number of hydrogen-bond donors (Lipinski definition) is 3. The second kappa shape index (κ2) is 20.9. The Morgan fingerprint density at radius 3 is 2.18 bits per heavy atom. The van der Waals surface area contributed by atoms with E-state index in [0.717, 1.165) is 64.8 Å². The largest absolute Gasteiger partial charge is 1.00 e. The minimum Gasteiger partial charge on any atom is -1.00 e. The van der Waals surface area contributed by atoms with Gasteiger partial charge in [0.05, 0.1) is 5.41 Å². The van der Waals surface area contributed by atoms with E-state index in [4.69, 9.17) is 5.73 Å². The molecule has 0 radical (unpaired) electrons. The Balaban J connectivity index is 0.00000676. The number of nitrogens with one attached hydrogen (secondary N) is 2. The van der Waals surface area contributed by atoms with Crippen LogP contribution in [0.15, 0.2) is 84.6 Å². The minimum atomic E-state index is -0.0755. The van der Waals surface area contributed by atoms with Crippen molar-refractivity contribution in [3.8, 4) is 0 Å². The number of allylic oxidation sites excluding steroid dienone is 6. The van der Waals surface area contributed by atoms with Crippen LogP contribution < -0.4 is 45.2 Å². The molecule has 4 rings (SSSR count). The van der Waals surface area contributed by atoms with Crippen molar-refractivity contribution >= 4 is 23.0 Å². The van der Waals surface area contributed by atoms with Crippen LogP contribution in [0, 0.1) is 0 Å². The third-order valence-corrected chi connectivity index (χ3v) is 10.4. The monoisotopic (exact) mass is 793 g/mol. The molecule has 0 fully saturated rings. The lowest BCUT2D eigenvalue weighted by Gasteiger charge is -2.27. The van der Waals surface area contributed by atoms with Crippen LogP contribution in [-0.2, 0) is 15.6 Å². The zero-order chi connectivity index (χ0) is 35.1. The van der Waals surface area contributed by atoms with Gasteiger partial charge < -0.3 is 45.2 Å². The quantitative estimate of drug-likeness (QED) is 0.0682. The van der Waals surface area contributed by atoms with Crippen LogP contribution in [0.4, 0.5) is 11.4 Å². The lowest BCUT2D eigenvalue weighted by atomic mass is 9.81. The first-order chi connectivity index (χ1) is 23.7. The van der Waals surface area contributed by atoms with Gasteiger partial charge in [-0.3, -0.25) is 4.79 Å². The lowest BCUT2D eigenvalue weighted by molar-refractivity contribution is -0.401. The first kappa shape index (κ1) is 41.7. The number of carbonyl (C=O) groups excluding carboxylic acids is 1. The van der Waals surface area contributed by atoms with Crippen LogP contribution in [0.1, 0.15) is 109 Å². The summed E-state index contributed by atoms with van der Waals surface area (Å²) >= 11 is 0. The molecule has 1 amide bonds. The Kier molecular flexibility index (Phi) is 17.5. The Labute approximate surface area is 320 Å². The highest BCUT2D eigenvalue weighted by molar-refractivity contribution is 6.03. The summed E-state index contributed by atoms with van der Waals surface area (Å²) in [6, 6.07) is 17.5. The second-order valence-electron chi connectivity index (χ2n) is 14.9. The summed E-state index contributed by atoms with van der Waals surface area (Å²) in [5.41, 5.74) is 13.4. The number of hydrogen-bond acceptors (Lipinski definition) is 4. The summed E-state index contributed by atoms with van der Waals surface area (Å²) in [5, 5.41) is 6.62. The average molecular weight is 794 g/mol. The smallest absolute Gasteiger partial charge is 0.219 e. The zero-order valence-electron chi connectivity index (χ0n) is 31.6. The van der Waals surface area contributed by atoms with Crippen molar-refractivity contribution in [3.05, 3.63) is 95.7 Å². The molecule has 2 aliphatic rings. The Bertz CT molecular complexity index is 1490. The molecule has 0 bridgehead atoms. The molecule has 0 aliphatic carbocycles. The van der Waals surface area contributed by atoms with Crippen LogP contribution >= 0.6 is 0 Å². The third kappa shape index (κ3) is 11.1. The Hall–Kier alpha value is -2.75. The molecule has 0 spiro atoms. The number of benzene rings is 2. The summed E-state index contributed by atoms with van der Waals surface area (Å²) < 4.78 is 2.31. The number of rotatable bonds is 21. The predicted octanol–water partition coefficient (Wildman–Crippen LogP) is 5.45. The molecule has 7 heteroatoms. The van der Waals surface area contributed by atoms with Crippen LogP contribution in [-0.4, -0.2) is 56.0 Å². The average Bonchev–Trinajstić information content (AvgIpc) is 3.42. The molecular weight excluding hydrogens is 729 g/mol. The van der Waals surface area contributed by atoms with Crippen LogP contribution in [0.3, 0.4) is 0 Å². The molecule has 6 nitrogen and oxygen atoms in total. The highest BCUT2D eigenvalue weighted by Crippen LogP contribution is 2.47. The van der Waals surface area contributed by atoms with Gasteiger partial charge >= 0.3 is 0 Å². The van der Waals surface area contributed by atoms with Crippen molar-refractivity contribution in [2.24, 2.45) is 5.73 Å². The molecule has 0 unspecified atom stereocenters. The molecule has 2 aromatic rings. The SMILES string of the molecule is C[N+]1=C(C=CC=CC=C2N(CCCCCC(=O)NCCCNCCCCCCCCN)c3ccccc3C2(C)C)C(C)(C)c2ccccc21.[I-]. The third-order valence-electron chi connectivity index (χ3n) is 10.4. The van der Waals surface area contributed by atoms with Gasteiger partial charge in [0.25, 0.3) is 0 Å². The van der Waals surface area contributed by atoms with Crippen molar-refractivity contribution in [2.45, 2.75) is 109 Å². The maximum absolute atomic E-state index is 12.4. The van der Waals surface area contributed by atoms with Gasteiger partial charge in [0.15, 0.2) is 5.71 Å². The van der Waals surface area contributed by atoms with E-state index in [1.807, 2.05) is 0 Å². The second-order valence-corrected chi connectivity index (χ2v) is 14.9. The molecule has 0 saturated heterocycles. The van der Waals surface area contributed by atoms with Crippen LogP contribution in [0.5, 0.6) is 0 Å². The van der Waals surface area contributed by atoms with Gasteiger partial charge in [-0.15, -0.1) is 0 Å². The van der Waals surface area contributed by atoms with E-state index >= 15 is 0 Å². The van der Waals surface area contributed by atoms with Gasteiger partial charge in [-0.25, -0.2) is 0 Å². The number of para-hydroxylation sites is 2. The van der Waals surface area contributed by atoms with E-state index < -0.39 is 0 Å². The van der Waals surface area contributed by atoms with Crippen molar-refractivity contribution in [2.75, 3.05) is 44.7 Å². The summed E-state index contributed by atoms with van der Waals surface area (Å²) in [6.07, 6.45) is 23.2. The highest BCUT2D eigenvalue weighted by atomic mass is 127. The zero-order valence-corrected chi connectivity index (χ0v) is 33.7. The fourth-order valence-electron chi connectivity index (χ4n) is 7.53. The van der Waals surface area contributed by atoms with E-state index in [9.17, 15) is 4.79 Å². The molecular formula is C43H64IN5O. The Morgan fingerprint density at radius 1 is 0.760 bits per heavy atom. The van der Waals surface area contributed by atoms with E-state index in [-0.39, 0.29) is 40.7 Å². The molecule has 0 saturated carbocycles. The van der Waals surface area contributed by atoms with Crippen molar-refractivity contribution in [1.82, 2.24) is 10.6 Å². The normalized spacial score (nSPS) is 16.8. The van der Waals surface area contributed by atoms with Gasteiger partial charge in [0.1, 0.15) is 7.05 Å². The summed E-state index contributed by atoms with van der Waals surface area (Å²) in [4.78, 5) is 14.9. The number of anilines is 1. The standard InChI is InChI=1S/C43H63N5O.HI/c1-42(2)35-23-15-17-25-37(35)47(5)39(42)27-12-10-13-28-40-43(3,4)36-24-16-18-26-38(36)48(40)34-21-11-14-29-41(49)46-33-22-32-45-31-20-9-7-6-8-19-30-44;/h10,12-13,15-18,23-28,45H,6-9,11,14,19-22,29-34,44H2,1-5H3;1H. The summed E-state index contributed by atoms with van der Waals surface area (Å²) in [7, 11) is 2.16. The van der Waals surface area contributed by atoms with Gasteiger partial charge in [-0.2, -0.15) is 4.58 Å². The number of unbranched alkanes of at least 4 members (excludes halogenated alkanes) is 7. The first-order valence-electron chi connectivity index (χ1n) is 19.0. The van der Waals surface area contributed by atoms with Crippen molar-refractivity contribution in [1.29, 1.82) is 0 Å². The molecule has 274 valence electrons. The number of carbonyl (C=O) groups is 1. The highest BCUT2D eigenvalue weighted by Gasteiger charge is 2.42. The summed E-state index contributed by atoms with van der Waals surface area (Å²) in [5.74, 6) is 0.179. The van der Waals surface area contributed by atoms with E-state index in [1.165, 1.54) is 66.0 Å². The van der Waals surface area contributed by atoms with Gasteiger partial charge in [-0.05, 0) is 83.3 Å². The molecule has 2 aliphatic heterocycles. The topological polar surface area (TPSA) is 73.4 Å². The fourth-order valence-corrected chi connectivity index (χ4v) is 7.53. The maximum atomic E-state index is 12.4. The number of amides is 1. The van der Waals surface area contributed by atoms with E-state index in [1.54, 1.807) is 0 Å². The maximum Gasteiger partial charge on any atom is 0.219 e. The van der Waals surface area contributed by atoms with Crippen molar-refractivity contribution < 1.29 is 33.3 Å². The first-order valence-corrected chi connectivity index (χ1v) is 19.0. The number of halogens is 1. The van der Waals surface area contributed by atoms with E-state index in [2.05, 4.69) is 134 Å². The molecule has 4 N–H and O–H groups in total. The fraction of sp³-hybridized carbons (Fsp3) is 0.535. The van der Waals surface area contributed by atoms with Crippen LogP contribution in [0.2, 0.25) is 0 Å². The van der Waals surface area contributed by atoms with Gasteiger partial charge in [0, 0.05) is 54.0 Å². The number of fused-ring (bicyclic) bond motifs is 2. The van der Waals surface area contributed by atoms with E-state index in [0.29, 0.717) is 6.42 Å². The van der Waals surface area contributed by atoms with Gasteiger partial charge in [0.2, 0.25) is 11.6 Å². The Morgan fingerprint density at radius 2 is 1.42 bits per heavy atom. The van der Waals surface area contributed by atoms with Crippen LogP contribution in [0.25, 0.3) is 0 Å². The molecule has 0 atom stereocenters. The lowest BCUT2D eigenvalue weighted by Crippen LogP contribution is -3.00. The summed E-state index contributed by atoms with van der Waals surface area (Å²) in [6.45, 7) is 13.8. The van der Waals surface area contributed by atoms with Crippen molar-refractivity contribution in [3.63, 3.8) is 0 Å². The molecule has 50 heavy (non-hydrogen) atoms. The number of nitrogens with zero attached hydrogens (tertiary/aromatic N) is 2. The molecule has 2 aromatic carbocycles. The number of nitrogens with two attached hydrogens (primary N) is 1. The molecule has 2 heterocycles. The van der Waals surface area contributed by atoms with Gasteiger partial charge in [-0.1, -0.05) is 101 Å². The molecule has 0 aromatic heterocycles. The minimum absolute atomic E-state index is 0. The predicted molar refractivity (Wildman–Crippen MR) is 209 cm³/mol.